The van der Waals surface area contributed by atoms with E-state index in [1.54, 1.807) is 12.1 Å². The van der Waals surface area contributed by atoms with Crippen molar-refractivity contribution in [1.29, 1.82) is 0 Å². The minimum absolute atomic E-state index is 0.210. The molecule has 0 spiro atoms. The first-order chi connectivity index (χ1) is 13.3. The van der Waals surface area contributed by atoms with E-state index < -0.39 is 7.60 Å². The van der Waals surface area contributed by atoms with Crippen LogP contribution in [0.1, 0.15) is 36.6 Å². The van der Waals surface area contributed by atoms with Crippen molar-refractivity contribution >= 4 is 30.4 Å². The van der Waals surface area contributed by atoms with Crippen molar-refractivity contribution in [2.24, 2.45) is 0 Å². The van der Waals surface area contributed by atoms with Crippen molar-refractivity contribution in [2.75, 3.05) is 17.6 Å². The van der Waals surface area contributed by atoms with Crippen molar-refractivity contribution in [3.8, 4) is 0 Å². The fourth-order valence-corrected chi connectivity index (χ4v) is 3.57. The number of unbranched alkanes of at least 4 members (excludes halogenated alkanes) is 1. The van der Waals surface area contributed by atoms with Crippen LogP contribution < -0.4 is 11.1 Å². The Morgan fingerprint density at radius 3 is 2.43 bits per heavy atom. The summed E-state index contributed by atoms with van der Waals surface area (Å²) in [6, 6.07) is 11.0. The van der Waals surface area contributed by atoms with E-state index in [-0.39, 0.29) is 12.1 Å². The molecule has 5 N–H and O–H groups in total. The lowest BCUT2D eigenvalue weighted by atomic mass is 10.1. The number of nitrogen functional groups attached to an aromatic ring is 1. The van der Waals surface area contributed by atoms with Gasteiger partial charge in [0.05, 0.1) is 11.7 Å². The standard InChI is InChI=1S/C19H24N5O3P/c1-2-3-10-21-18-17-16(23-19(20)24-18)9-8-15(22-17)11-13-4-6-14(7-5-13)12-28(25,26)27/h4-9H,2-3,10-12H2,1H3,(H2,25,26,27)(H3,20,21,23,24). The van der Waals surface area contributed by atoms with Gasteiger partial charge in [0.15, 0.2) is 5.82 Å². The summed E-state index contributed by atoms with van der Waals surface area (Å²) in [4.78, 5) is 31.4. The molecule has 0 amide bonds. The maximum Gasteiger partial charge on any atom is 0.329 e. The van der Waals surface area contributed by atoms with Crippen LogP contribution in [0.2, 0.25) is 0 Å². The summed E-state index contributed by atoms with van der Waals surface area (Å²) in [5.74, 6) is 0.844. The van der Waals surface area contributed by atoms with Gasteiger partial charge < -0.3 is 20.8 Å². The third kappa shape index (κ3) is 5.48. The average molecular weight is 401 g/mol. The average Bonchev–Trinajstić information content (AvgIpc) is 2.62. The van der Waals surface area contributed by atoms with Crippen molar-refractivity contribution in [3.05, 3.63) is 53.2 Å². The van der Waals surface area contributed by atoms with Crippen LogP contribution in [0.25, 0.3) is 11.0 Å². The van der Waals surface area contributed by atoms with Gasteiger partial charge in [-0.15, -0.1) is 0 Å². The lowest BCUT2D eigenvalue weighted by Crippen LogP contribution is -2.08. The van der Waals surface area contributed by atoms with E-state index in [9.17, 15) is 4.57 Å². The molecule has 28 heavy (non-hydrogen) atoms. The third-order valence-electron chi connectivity index (χ3n) is 4.24. The normalized spacial score (nSPS) is 11.7. The molecule has 1 aromatic carbocycles. The number of aromatic nitrogens is 3. The van der Waals surface area contributed by atoms with E-state index in [4.69, 9.17) is 20.5 Å². The van der Waals surface area contributed by atoms with Crippen LogP contribution in [-0.4, -0.2) is 31.3 Å². The van der Waals surface area contributed by atoms with Crippen LogP contribution in [0.5, 0.6) is 0 Å². The molecule has 8 nitrogen and oxygen atoms in total. The third-order valence-corrected chi connectivity index (χ3v) is 5.01. The molecular weight excluding hydrogens is 377 g/mol. The molecule has 2 aromatic heterocycles. The predicted octanol–water partition coefficient (Wildman–Crippen LogP) is 3.09. The Kier molecular flexibility index (Phi) is 6.24. The minimum Gasteiger partial charge on any atom is -0.368 e. The SMILES string of the molecule is CCCCNc1nc(N)nc2ccc(Cc3ccc(CP(=O)(O)O)cc3)nc12. The van der Waals surface area contributed by atoms with Crippen LogP contribution in [0.3, 0.4) is 0 Å². The Bertz CT molecular complexity index is 1000. The molecule has 0 atom stereocenters. The number of nitrogens with two attached hydrogens (primary N) is 1. The topological polar surface area (TPSA) is 134 Å². The fourth-order valence-electron chi connectivity index (χ4n) is 2.89. The molecular formula is C19H24N5O3P. The zero-order chi connectivity index (χ0) is 20.1. The Morgan fingerprint density at radius 2 is 1.75 bits per heavy atom. The van der Waals surface area contributed by atoms with E-state index in [0.29, 0.717) is 28.8 Å². The van der Waals surface area contributed by atoms with E-state index in [0.717, 1.165) is 30.6 Å². The van der Waals surface area contributed by atoms with Gasteiger partial charge in [-0.3, -0.25) is 4.57 Å². The summed E-state index contributed by atoms with van der Waals surface area (Å²) < 4.78 is 11.1. The zero-order valence-electron chi connectivity index (χ0n) is 15.7. The van der Waals surface area contributed by atoms with Crippen molar-refractivity contribution in [2.45, 2.75) is 32.3 Å². The quantitative estimate of drug-likeness (QED) is 0.334. The molecule has 148 valence electrons. The highest BCUT2D eigenvalue weighted by Crippen LogP contribution is 2.38. The summed E-state index contributed by atoms with van der Waals surface area (Å²) in [7, 11) is -4.06. The van der Waals surface area contributed by atoms with Crippen LogP contribution in [0.15, 0.2) is 36.4 Å². The number of pyridine rings is 1. The van der Waals surface area contributed by atoms with Gasteiger partial charge in [0.25, 0.3) is 0 Å². The molecule has 0 radical (unpaired) electrons. The van der Waals surface area contributed by atoms with Gasteiger partial charge in [-0.1, -0.05) is 37.6 Å². The molecule has 0 unspecified atom stereocenters. The zero-order valence-corrected chi connectivity index (χ0v) is 16.6. The smallest absolute Gasteiger partial charge is 0.329 e. The summed E-state index contributed by atoms with van der Waals surface area (Å²) in [5, 5.41) is 3.28. The number of anilines is 2. The van der Waals surface area contributed by atoms with Gasteiger partial charge in [-0.05, 0) is 29.7 Å². The number of nitrogens with one attached hydrogen (secondary N) is 1. The van der Waals surface area contributed by atoms with E-state index in [2.05, 4.69) is 22.2 Å². The summed E-state index contributed by atoms with van der Waals surface area (Å²) in [6.07, 6.45) is 2.42. The second kappa shape index (κ2) is 8.65. The second-order valence-electron chi connectivity index (χ2n) is 6.70. The summed E-state index contributed by atoms with van der Waals surface area (Å²) >= 11 is 0. The first-order valence-electron chi connectivity index (χ1n) is 9.13. The van der Waals surface area contributed by atoms with Crippen LogP contribution in [0.4, 0.5) is 11.8 Å². The van der Waals surface area contributed by atoms with Gasteiger partial charge in [0.1, 0.15) is 5.52 Å². The number of hydrogen-bond acceptors (Lipinski definition) is 6. The molecule has 3 rings (SSSR count). The molecule has 2 heterocycles. The van der Waals surface area contributed by atoms with Gasteiger partial charge in [-0.2, -0.15) is 4.98 Å². The van der Waals surface area contributed by atoms with Crippen molar-refractivity contribution in [3.63, 3.8) is 0 Å². The molecule has 0 fully saturated rings. The first-order valence-corrected chi connectivity index (χ1v) is 10.9. The minimum atomic E-state index is -4.06. The van der Waals surface area contributed by atoms with Crippen LogP contribution in [0, 0.1) is 0 Å². The fraction of sp³-hybridized carbons (Fsp3) is 0.316. The molecule has 3 aromatic rings. The van der Waals surface area contributed by atoms with Crippen LogP contribution >= 0.6 is 7.60 Å². The van der Waals surface area contributed by atoms with Gasteiger partial charge in [-0.25, -0.2) is 9.97 Å². The summed E-state index contributed by atoms with van der Waals surface area (Å²) in [5.41, 5.74) is 9.63. The largest absolute Gasteiger partial charge is 0.368 e. The molecule has 0 aliphatic rings. The van der Waals surface area contributed by atoms with E-state index in [1.165, 1.54) is 0 Å². The van der Waals surface area contributed by atoms with E-state index >= 15 is 0 Å². The Balaban J connectivity index is 1.82. The molecule has 9 heteroatoms. The Morgan fingerprint density at radius 1 is 1.04 bits per heavy atom. The Labute approximate surface area is 163 Å². The Hall–Kier alpha value is -2.54. The molecule has 0 aliphatic carbocycles. The highest BCUT2D eigenvalue weighted by molar-refractivity contribution is 7.50. The lowest BCUT2D eigenvalue weighted by Gasteiger charge is -2.10. The molecule has 0 saturated heterocycles. The van der Waals surface area contributed by atoms with Crippen LogP contribution in [-0.2, 0) is 17.1 Å². The maximum atomic E-state index is 11.1. The monoisotopic (exact) mass is 401 g/mol. The summed E-state index contributed by atoms with van der Waals surface area (Å²) in [6.45, 7) is 2.91. The second-order valence-corrected chi connectivity index (χ2v) is 8.34. The number of rotatable bonds is 8. The number of hydrogen-bond donors (Lipinski definition) is 4. The maximum absolute atomic E-state index is 11.1. The van der Waals surface area contributed by atoms with Crippen molar-refractivity contribution in [1.82, 2.24) is 15.0 Å². The molecule has 0 aliphatic heterocycles. The highest BCUT2D eigenvalue weighted by Gasteiger charge is 2.14. The number of nitrogens with zero attached hydrogens (tertiary/aromatic N) is 3. The predicted molar refractivity (Wildman–Crippen MR) is 110 cm³/mol. The molecule has 0 saturated carbocycles. The molecule has 0 bridgehead atoms. The van der Waals surface area contributed by atoms with Crippen molar-refractivity contribution < 1.29 is 14.4 Å². The lowest BCUT2D eigenvalue weighted by molar-refractivity contribution is 0.371. The number of benzene rings is 1. The van der Waals surface area contributed by atoms with E-state index in [1.807, 2.05) is 24.3 Å². The van der Waals surface area contributed by atoms with Gasteiger partial charge in [0, 0.05) is 18.7 Å². The number of fused-ring (bicyclic) bond motifs is 1. The first kappa shape index (κ1) is 20.2. The highest BCUT2D eigenvalue weighted by atomic mass is 31.2. The van der Waals surface area contributed by atoms with Gasteiger partial charge >= 0.3 is 7.60 Å². The van der Waals surface area contributed by atoms with Gasteiger partial charge in [0.2, 0.25) is 5.95 Å².